The number of piperidine rings is 1. The Morgan fingerprint density at radius 3 is 2.86 bits per heavy atom. The van der Waals surface area contributed by atoms with Crippen LogP contribution in [0.2, 0.25) is 0 Å². The smallest absolute Gasteiger partial charge is 0.279 e. The summed E-state index contributed by atoms with van der Waals surface area (Å²) in [4.78, 5) is 0. The number of rotatable bonds is 6. The predicted octanol–water partition coefficient (Wildman–Crippen LogP) is 1.04. The number of benzene rings is 1. The van der Waals surface area contributed by atoms with Gasteiger partial charge in [-0.05, 0) is 49.8 Å². The van der Waals surface area contributed by atoms with Crippen LogP contribution in [-0.4, -0.2) is 38.9 Å². The largest absolute Gasteiger partial charge is 0.330 e. The fourth-order valence-electron chi connectivity index (χ4n) is 2.73. The highest BCUT2D eigenvalue weighted by Crippen LogP contribution is 2.17. The van der Waals surface area contributed by atoms with Gasteiger partial charge in [-0.25, -0.2) is 4.72 Å². The second-order valence-electron chi connectivity index (χ2n) is 5.68. The molecule has 3 N–H and O–H groups in total. The third-order valence-corrected chi connectivity index (χ3v) is 5.68. The summed E-state index contributed by atoms with van der Waals surface area (Å²) in [5.41, 5.74) is 8.03. The van der Waals surface area contributed by atoms with E-state index in [-0.39, 0.29) is 5.92 Å². The second kappa shape index (κ2) is 7.35. The van der Waals surface area contributed by atoms with Gasteiger partial charge < -0.3 is 5.73 Å². The zero-order valence-electron chi connectivity index (χ0n) is 12.6. The molecule has 0 aromatic heterocycles. The van der Waals surface area contributed by atoms with E-state index < -0.39 is 10.2 Å². The summed E-state index contributed by atoms with van der Waals surface area (Å²) in [5.74, 6) is 0.284. The van der Waals surface area contributed by atoms with Gasteiger partial charge in [0.2, 0.25) is 0 Å². The Morgan fingerprint density at radius 2 is 2.14 bits per heavy atom. The van der Waals surface area contributed by atoms with Gasteiger partial charge >= 0.3 is 0 Å². The molecule has 0 amide bonds. The molecule has 2 rings (SSSR count). The number of aryl methyl sites for hydroxylation is 1. The Kier molecular flexibility index (Phi) is 5.75. The topological polar surface area (TPSA) is 75.4 Å². The second-order valence-corrected chi connectivity index (χ2v) is 7.43. The molecule has 5 nitrogen and oxygen atoms in total. The molecule has 0 spiro atoms. The van der Waals surface area contributed by atoms with Crippen LogP contribution >= 0.6 is 0 Å². The Morgan fingerprint density at radius 1 is 1.38 bits per heavy atom. The van der Waals surface area contributed by atoms with E-state index in [2.05, 4.69) is 4.72 Å². The summed E-state index contributed by atoms with van der Waals surface area (Å²) >= 11 is 0. The van der Waals surface area contributed by atoms with E-state index in [1.165, 1.54) is 15.4 Å². The lowest BCUT2D eigenvalue weighted by atomic mass is 10.0. The summed E-state index contributed by atoms with van der Waals surface area (Å²) < 4.78 is 28.8. The van der Waals surface area contributed by atoms with Crippen molar-refractivity contribution >= 4 is 10.2 Å². The SMILES string of the molecule is Cc1ccccc1CCNS(=O)(=O)N1CCCC(CN)C1. The fourth-order valence-corrected chi connectivity index (χ4v) is 4.05. The standard InChI is InChI=1S/C15H25N3O2S/c1-13-5-2-3-7-15(13)8-9-17-21(19,20)18-10-4-6-14(11-16)12-18/h2-3,5,7,14,17H,4,6,8-12,16H2,1H3. The Hall–Kier alpha value is -0.950. The van der Waals surface area contributed by atoms with Gasteiger partial charge in [0, 0.05) is 19.6 Å². The number of nitrogens with two attached hydrogens (primary N) is 1. The molecule has 1 fully saturated rings. The van der Waals surface area contributed by atoms with E-state index in [0.29, 0.717) is 32.6 Å². The van der Waals surface area contributed by atoms with E-state index >= 15 is 0 Å². The van der Waals surface area contributed by atoms with E-state index in [1.807, 2.05) is 31.2 Å². The third kappa shape index (κ3) is 4.51. The molecule has 1 aliphatic heterocycles. The Labute approximate surface area is 127 Å². The average Bonchev–Trinajstić information content (AvgIpc) is 2.49. The third-order valence-electron chi connectivity index (χ3n) is 4.10. The van der Waals surface area contributed by atoms with Crippen LogP contribution in [0.4, 0.5) is 0 Å². The molecule has 21 heavy (non-hydrogen) atoms. The van der Waals surface area contributed by atoms with E-state index in [9.17, 15) is 8.42 Å². The molecule has 0 saturated carbocycles. The molecular formula is C15H25N3O2S. The van der Waals surface area contributed by atoms with Crippen molar-refractivity contribution in [3.8, 4) is 0 Å². The first-order valence-electron chi connectivity index (χ1n) is 7.52. The minimum Gasteiger partial charge on any atom is -0.330 e. The number of hydrogen-bond acceptors (Lipinski definition) is 3. The molecule has 1 aliphatic rings. The molecule has 1 unspecified atom stereocenters. The maximum Gasteiger partial charge on any atom is 0.279 e. The first kappa shape index (κ1) is 16.4. The highest BCUT2D eigenvalue weighted by atomic mass is 32.2. The van der Waals surface area contributed by atoms with Crippen molar-refractivity contribution in [3.63, 3.8) is 0 Å². The first-order valence-corrected chi connectivity index (χ1v) is 8.96. The van der Waals surface area contributed by atoms with Crippen molar-refractivity contribution in [3.05, 3.63) is 35.4 Å². The zero-order chi connectivity index (χ0) is 15.3. The van der Waals surface area contributed by atoms with Gasteiger partial charge in [-0.3, -0.25) is 0 Å². The van der Waals surface area contributed by atoms with Crippen molar-refractivity contribution in [1.29, 1.82) is 0 Å². The van der Waals surface area contributed by atoms with Gasteiger partial charge in [0.25, 0.3) is 10.2 Å². The minimum atomic E-state index is -3.38. The molecule has 0 aliphatic carbocycles. The molecule has 1 atom stereocenters. The van der Waals surface area contributed by atoms with Crippen molar-refractivity contribution in [2.24, 2.45) is 11.7 Å². The van der Waals surface area contributed by atoms with Crippen LogP contribution in [0, 0.1) is 12.8 Å². The maximum absolute atomic E-state index is 12.3. The molecule has 118 valence electrons. The number of nitrogens with zero attached hydrogens (tertiary/aromatic N) is 1. The van der Waals surface area contributed by atoms with Crippen molar-refractivity contribution in [2.45, 2.75) is 26.2 Å². The van der Waals surface area contributed by atoms with Crippen LogP contribution in [0.3, 0.4) is 0 Å². The van der Waals surface area contributed by atoms with Gasteiger partial charge in [-0.2, -0.15) is 12.7 Å². The van der Waals surface area contributed by atoms with Crippen LogP contribution in [0.25, 0.3) is 0 Å². The lowest BCUT2D eigenvalue weighted by Gasteiger charge is -2.31. The van der Waals surface area contributed by atoms with Crippen molar-refractivity contribution in [1.82, 2.24) is 9.03 Å². The van der Waals surface area contributed by atoms with Crippen molar-refractivity contribution < 1.29 is 8.42 Å². The molecule has 1 heterocycles. The molecular weight excluding hydrogens is 286 g/mol. The van der Waals surface area contributed by atoms with Crippen LogP contribution in [0.5, 0.6) is 0 Å². The normalized spacial score (nSPS) is 20.6. The molecule has 1 aromatic carbocycles. The van der Waals surface area contributed by atoms with Gasteiger partial charge in [-0.1, -0.05) is 24.3 Å². The summed E-state index contributed by atoms with van der Waals surface area (Å²) in [6.45, 7) is 4.15. The van der Waals surface area contributed by atoms with Gasteiger partial charge in [0.15, 0.2) is 0 Å². The molecule has 6 heteroatoms. The summed E-state index contributed by atoms with van der Waals surface area (Å²) in [7, 11) is -3.38. The van der Waals surface area contributed by atoms with Crippen molar-refractivity contribution in [2.75, 3.05) is 26.2 Å². The first-order chi connectivity index (χ1) is 10.0. The molecule has 1 aromatic rings. The van der Waals surface area contributed by atoms with Gasteiger partial charge in [0.05, 0.1) is 0 Å². The lowest BCUT2D eigenvalue weighted by Crippen LogP contribution is -2.47. The van der Waals surface area contributed by atoms with E-state index in [1.54, 1.807) is 0 Å². The minimum absolute atomic E-state index is 0.284. The summed E-state index contributed by atoms with van der Waals surface area (Å²) in [6, 6.07) is 8.05. The fraction of sp³-hybridized carbons (Fsp3) is 0.600. The quantitative estimate of drug-likeness (QED) is 0.824. The molecule has 0 radical (unpaired) electrons. The van der Waals surface area contributed by atoms with Crippen LogP contribution in [0.15, 0.2) is 24.3 Å². The monoisotopic (exact) mass is 311 g/mol. The Bertz CT molecular complexity index is 560. The van der Waals surface area contributed by atoms with E-state index in [0.717, 1.165) is 12.8 Å². The van der Waals surface area contributed by atoms with Crippen LogP contribution in [-0.2, 0) is 16.6 Å². The highest BCUT2D eigenvalue weighted by molar-refractivity contribution is 7.87. The number of hydrogen-bond donors (Lipinski definition) is 2. The predicted molar refractivity (Wildman–Crippen MR) is 85.2 cm³/mol. The summed E-state index contributed by atoms with van der Waals surface area (Å²) in [6.07, 6.45) is 2.62. The van der Waals surface area contributed by atoms with Crippen LogP contribution < -0.4 is 10.5 Å². The maximum atomic E-state index is 12.3. The number of nitrogens with one attached hydrogen (secondary N) is 1. The highest BCUT2D eigenvalue weighted by Gasteiger charge is 2.27. The van der Waals surface area contributed by atoms with Crippen LogP contribution in [0.1, 0.15) is 24.0 Å². The van der Waals surface area contributed by atoms with E-state index in [4.69, 9.17) is 5.73 Å². The molecule has 0 bridgehead atoms. The van der Waals surface area contributed by atoms with Gasteiger partial charge in [-0.15, -0.1) is 0 Å². The zero-order valence-corrected chi connectivity index (χ0v) is 13.4. The Balaban J connectivity index is 1.88. The van der Waals surface area contributed by atoms with Gasteiger partial charge in [0.1, 0.15) is 0 Å². The average molecular weight is 311 g/mol. The summed E-state index contributed by atoms with van der Waals surface area (Å²) in [5, 5.41) is 0. The molecule has 1 saturated heterocycles. The lowest BCUT2D eigenvalue weighted by molar-refractivity contribution is 0.269.